The van der Waals surface area contributed by atoms with Gasteiger partial charge in [-0.3, -0.25) is 0 Å². The quantitative estimate of drug-likeness (QED) is 0.866. The highest BCUT2D eigenvalue weighted by Gasteiger charge is 2.12. The first kappa shape index (κ1) is 17.5. The summed E-state index contributed by atoms with van der Waals surface area (Å²) >= 11 is 0. The van der Waals surface area contributed by atoms with Gasteiger partial charge in [-0.15, -0.1) is 0 Å². The molecule has 1 aromatic carbocycles. The standard InChI is InChI=1S/C20H28N4O/c1-16-22-19(15-20(23-16)24-13-5-3-4-6-14-24)21-12-11-17-7-9-18(25-2)10-8-17/h7-10,15H,3-6,11-14H2,1-2H3,(H,21,22,23). The number of ether oxygens (including phenoxy) is 1. The lowest BCUT2D eigenvalue weighted by molar-refractivity contribution is 0.414. The predicted octanol–water partition coefficient (Wildman–Crippen LogP) is 3.83. The fourth-order valence-corrected chi connectivity index (χ4v) is 3.23. The van der Waals surface area contributed by atoms with Crippen LogP contribution in [0.1, 0.15) is 37.1 Å². The van der Waals surface area contributed by atoms with Crippen LogP contribution in [0.2, 0.25) is 0 Å². The lowest BCUT2D eigenvalue weighted by Gasteiger charge is -2.22. The smallest absolute Gasteiger partial charge is 0.134 e. The van der Waals surface area contributed by atoms with Gasteiger partial charge in [0, 0.05) is 25.7 Å². The van der Waals surface area contributed by atoms with Crippen LogP contribution in [0.4, 0.5) is 11.6 Å². The van der Waals surface area contributed by atoms with Crippen molar-refractivity contribution in [1.82, 2.24) is 9.97 Å². The van der Waals surface area contributed by atoms with E-state index in [4.69, 9.17) is 4.74 Å². The number of aryl methyl sites for hydroxylation is 1. The van der Waals surface area contributed by atoms with Gasteiger partial charge in [-0.1, -0.05) is 25.0 Å². The van der Waals surface area contributed by atoms with E-state index < -0.39 is 0 Å². The van der Waals surface area contributed by atoms with Crippen molar-refractivity contribution in [1.29, 1.82) is 0 Å². The Kier molecular flexibility index (Phi) is 6.09. The highest BCUT2D eigenvalue weighted by molar-refractivity contribution is 5.49. The number of anilines is 2. The maximum Gasteiger partial charge on any atom is 0.134 e. The van der Waals surface area contributed by atoms with Gasteiger partial charge in [0.1, 0.15) is 23.2 Å². The minimum atomic E-state index is 0.827. The van der Waals surface area contributed by atoms with Crippen LogP contribution >= 0.6 is 0 Å². The Morgan fingerprint density at radius 3 is 2.44 bits per heavy atom. The van der Waals surface area contributed by atoms with Crippen molar-refractivity contribution in [3.05, 3.63) is 41.7 Å². The number of nitrogens with zero attached hydrogens (tertiary/aromatic N) is 3. The summed E-state index contributed by atoms with van der Waals surface area (Å²) in [6, 6.07) is 10.3. The lowest BCUT2D eigenvalue weighted by Crippen LogP contribution is -2.25. The van der Waals surface area contributed by atoms with Crippen LogP contribution in [0.15, 0.2) is 30.3 Å². The molecule has 0 radical (unpaired) electrons. The summed E-state index contributed by atoms with van der Waals surface area (Å²) in [6.07, 6.45) is 6.11. The van der Waals surface area contributed by atoms with E-state index in [1.54, 1.807) is 7.11 Å². The van der Waals surface area contributed by atoms with Crippen molar-refractivity contribution in [3.8, 4) is 5.75 Å². The van der Waals surface area contributed by atoms with Crippen molar-refractivity contribution in [2.24, 2.45) is 0 Å². The van der Waals surface area contributed by atoms with Gasteiger partial charge in [0.2, 0.25) is 0 Å². The molecule has 25 heavy (non-hydrogen) atoms. The maximum absolute atomic E-state index is 5.20. The van der Waals surface area contributed by atoms with E-state index in [-0.39, 0.29) is 0 Å². The van der Waals surface area contributed by atoms with Gasteiger partial charge < -0.3 is 15.0 Å². The molecule has 5 heteroatoms. The number of aromatic nitrogens is 2. The molecule has 1 aromatic heterocycles. The maximum atomic E-state index is 5.20. The fraction of sp³-hybridized carbons (Fsp3) is 0.500. The van der Waals surface area contributed by atoms with E-state index in [9.17, 15) is 0 Å². The van der Waals surface area contributed by atoms with Gasteiger partial charge in [0.15, 0.2) is 0 Å². The third kappa shape index (κ3) is 5.08. The molecule has 0 aliphatic carbocycles. The molecule has 0 atom stereocenters. The number of hydrogen-bond acceptors (Lipinski definition) is 5. The minimum Gasteiger partial charge on any atom is -0.497 e. The average molecular weight is 340 g/mol. The largest absolute Gasteiger partial charge is 0.497 e. The van der Waals surface area contributed by atoms with Crippen LogP contribution in [0.3, 0.4) is 0 Å². The summed E-state index contributed by atoms with van der Waals surface area (Å²) in [5, 5.41) is 3.45. The Balaban J connectivity index is 1.59. The molecule has 0 bridgehead atoms. The highest BCUT2D eigenvalue weighted by Crippen LogP contribution is 2.20. The first-order chi connectivity index (χ1) is 12.2. The summed E-state index contributed by atoms with van der Waals surface area (Å²) in [5.74, 6) is 3.69. The monoisotopic (exact) mass is 340 g/mol. The lowest BCUT2D eigenvalue weighted by atomic mass is 10.1. The zero-order chi connectivity index (χ0) is 17.5. The predicted molar refractivity (Wildman–Crippen MR) is 103 cm³/mol. The molecule has 1 saturated heterocycles. The van der Waals surface area contributed by atoms with Gasteiger partial charge in [-0.05, 0) is 43.9 Å². The van der Waals surface area contributed by atoms with Crippen LogP contribution in [-0.4, -0.2) is 36.7 Å². The Hall–Kier alpha value is -2.30. The normalized spacial score (nSPS) is 14.9. The van der Waals surface area contributed by atoms with Crippen molar-refractivity contribution >= 4 is 11.6 Å². The number of benzene rings is 1. The molecule has 1 aliphatic rings. The first-order valence-corrected chi connectivity index (χ1v) is 9.22. The summed E-state index contributed by atoms with van der Waals surface area (Å²) < 4.78 is 5.20. The second kappa shape index (κ2) is 8.70. The van der Waals surface area contributed by atoms with Gasteiger partial charge >= 0.3 is 0 Å². The first-order valence-electron chi connectivity index (χ1n) is 9.22. The summed E-state index contributed by atoms with van der Waals surface area (Å²) in [6.45, 7) is 5.02. The molecule has 0 spiro atoms. The van der Waals surface area contributed by atoms with Crippen LogP contribution in [0.5, 0.6) is 5.75 Å². The third-order valence-corrected chi connectivity index (χ3v) is 4.63. The van der Waals surface area contributed by atoms with Crippen molar-refractivity contribution < 1.29 is 4.74 Å². The summed E-state index contributed by atoms with van der Waals surface area (Å²) in [7, 11) is 1.69. The van der Waals surface area contributed by atoms with Gasteiger partial charge in [0.25, 0.3) is 0 Å². The molecule has 3 rings (SSSR count). The SMILES string of the molecule is COc1ccc(CCNc2cc(N3CCCCCC3)nc(C)n2)cc1. The van der Waals surface area contributed by atoms with E-state index in [0.29, 0.717) is 0 Å². The molecular weight excluding hydrogens is 312 g/mol. The molecule has 1 aliphatic heterocycles. The molecule has 5 nitrogen and oxygen atoms in total. The van der Waals surface area contributed by atoms with Crippen molar-refractivity contribution in [3.63, 3.8) is 0 Å². The van der Waals surface area contributed by atoms with Crippen LogP contribution in [0.25, 0.3) is 0 Å². The third-order valence-electron chi connectivity index (χ3n) is 4.63. The minimum absolute atomic E-state index is 0.827. The van der Waals surface area contributed by atoms with E-state index in [1.807, 2.05) is 19.1 Å². The van der Waals surface area contributed by atoms with Gasteiger partial charge in [0.05, 0.1) is 7.11 Å². The van der Waals surface area contributed by atoms with Crippen LogP contribution in [0, 0.1) is 6.92 Å². The number of rotatable bonds is 6. The number of nitrogens with one attached hydrogen (secondary N) is 1. The zero-order valence-corrected chi connectivity index (χ0v) is 15.3. The zero-order valence-electron chi connectivity index (χ0n) is 15.3. The van der Waals surface area contributed by atoms with E-state index in [1.165, 1.54) is 31.2 Å². The Morgan fingerprint density at radius 2 is 1.76 bits per heavy atom. The molecule has 1 N–H and O–H groups in total. The number of methoxy groups -OCH3 is 1. The van der Waals surface area contributed by atoms with Crippen molar-refractivity contribution in [2.45, 2.75) is 39.0 Å². The molecule has 2 aromatic rings. The second-order valence-corrected chi connectivity index (χ2v) is 6.58. The Morgan fingerprint density at radius 1 is 1.04 bits per heavy atom. The molecule has 0 unspecified atom stereocenters. The molecule has 2 heterocycles. The molecular formula is C20H28N4O. The Bertz CT molecular complexity index is 664. The molecule has 1 fully saturated rings. The fourth-order valence-electron chi connectivity index (χ4n) is 3.23. The topological polar surface area (TPSA) is 50.3 Å². The van der Waals surface area contributed by atoms with E-state index in [0.717, 1.165) is 49.3 Å². The molecule has 0 amide bonds. The second-order valence-electron chi connectivity index (χ2n) is 6.58. The van der Waals surface area contributed by atoms with Gasteiger partial charge in [-0.25, -0.2) is 9.97 Å². The van der Waals surface area contributed by atoms with E-state index in [2.05, 4.69) is 38.4 Å². The highest BCUT2D eigenvalue weighted by atomic mass is 16.5. The summed E-state index contributed by atoms with van der Waals surface area (Å²) in [5.41, 5.74) is 1.28. The molecule has 134 valence electrons. The summed E-state index contributed by atoms with van der Waals surface area (Å²) in [4.78, 5) is 11.6. The van der Waals surface area contributed by atoms with Crippen LogP contribution in [-0.2, 0) is 6.42 Å². The average Bonchev–Trinajstić information content (AvgIpc) is 2.91. The Labute approximate surface area is 150 Å². The van der Waals surface area contributed by atoms with Crippen LogP contribution < -0.4 is 15.0 Å². The van der Waals surface area contributed by atoms with E-state index >= 15 is 0 Å². The molecule has 0 saturated carbocycles. The number of hydrogen-bond donors (Lipinski definition) is 1. The van der Waals surface area contributed by atoms with Gasteiger partial charge in [-0.2, -0.15) is 0 Å². The van der Waals surface area contributed by atoms with Crippen molar-refractivity contribution in [2.75, 3.05) is 37.0 Å².